The van der Waals surface area contributed by atoms with Crippen molar-refractivity contribution < 1.29 is 9.90 Å². The summed E-state index contributed by atoms with van der Waals surface area (Å²) in [7, 11) is 0. The average molecular weight is 247 g/mol. The van der Waals surface area contributed by atoms with Crippen molar-refractivity contribution in [3.05, 3.63) is 35.4 Å². The van der Waals surface area contributed by atoms with E-state index in [1.807, 2.05) is 6.92 Å². The summed E-state index contributed by atoms with van der Waals surface area (Å²) in [5.74, 6) is -1.02. The number of rotatable bonds is 3. The molecule has 98 valence electrons. The molecule has 0 aromatic heterocycles. The van der Waals surface area contributed by atoms with Crippen LogP contribution in [0.2, 0.25) is 0 Å². The van der Waals surface area contributed by atoms with E-state index in [9.17, 15) is 4.79 Å². The van der Waals surface area contributed by atoms with Gasteiger partial charge in [0.05, 0.1) is 5.92 Å². The molecule has 1 aromatic carbocycles. The molecule has 0 aliphatic carbocycles. The fourth-order valence-electron chi connectivity index (χ4n) is 2.62. The highest BCUT2D eigenvalue weighted by molar-refractivity contribution is 5.70. The van der Waals surface area contributed by atoms with E-state index in [-0.39, 0.29) is 12.0 Å². The summed E-state index contributed by atoms with van der Waals surface area (Å²) >= 11 is 0. The summed E-state index contributed by atoms with van der Waals surface area (Å²) in [6.45, 7) is 5.73. The number of carbonyl (C=O) groups is 1. The molecule has 0 fully saturated rings. The fraction of sp³-hybridized carbons (Fsp3) is 0.533. The topological polar surface area (TPSA) is 40.5 Å². The third-order valence-electron chi connectivity index (χ3n) is 4.14. The molecule has 0 spiro atoms. The molecule has 18 heavy (non-hydrogen) atoms. The molecular formula is C15H21NO2. The lowest BCUT2D eigenvalue weighted by molar-refractivity contribution is -0.143. The second kappa shape index (κ2) is 5.53. The molecular weight excluding hydrogens is 226 g/mol. The summed E-state index contributed by atoms with van der Waals surface area (Å²) in [4.78, 5) is 13.4. The van der Waals surface area contributed by atoms with E-state index >= 15 is 0 Å². The fourth-order valence-corrected chi connectivity index (χ4v) is 2.62. The monoisotopic (exact) mass is 247 g/mol. The van der Waals surface area contributed by atoms with Gasteiger partial charge in [-0.2, -0.15) is 0 Å². The smallest absolute Gasteiger partial charge is 0.307 e. The van der Waals surface area contributed by atoms with Gasteiger partial charge >= 0.3 is 5.97 Å². The van der Waals surface area contributed by atoms with Crippen LogP contribution in [-0.2, 0) is 17.6 Å². The maximum absolute atomic E-state index is 11.1. The SMILES string of the molecule is CC(C(=O)O)C(C)N1CCc2ccccc2CC1. The van der Waals surface area contributed by atoms with Crippen LogP contribution in [0.15, 0.2) is 24.3 Å². The van der Waals surface area contributed by atoms with Gasteiger partial charge in [-0.25, -0.2) is 0 Å². The number of nitrogens with zero attached hydrogens (tertiary/aromatic N) is 1. The molecule has 3 heteroatoms. The Hall–Kier alpha value is -1.35. The van der Waals surface area contributed by atoms with Crippen LogP contribution >= 0.6 is 0 Å². The second-order valence-electron chi connectivity index (χ2n) is 5.17. The lowest BCUT2D eigenvalue weighted by Crippen LogP contribution is -2.41. The standard InChI is InChI=1S/C15H21NO2/c1-11(15(17)18)12(2)16-9-7-13-5-3-4-6-14(13)8-10-16/h3-6,11-12H,7-10H2,1-2H3,(H,17,18). The molecule has 0 saturated carbocycles. The minimum absolute atomic E-state index is 0.0943. The summed E-state index contributed by atoms with van der Waals surface area (Å²) < 4.78 is 0. The maximum atomic E-state index is 11.1. The van der Waals surface area contributed by atoms with E-state index in [2.05, 4.69) is 29.2 Å². The van der Waals surface area contributed by atoms with Gasteiger partial charge in [-0.15, -0.1) is 0 Å². The van der Waals surface area contributed by atoms with Crippen LogP contribution in [0.4, 0.5) is 0 Å². The third kappa shape index (κ3) is 2.72. The molecule has 1 aliphatic heterocycles. The first-order valence-electron chi connectivity index (χ1n) is 6.63. The molecule has 0 saturated heterocycles. The zero-order valence-electron chi connectivity index (χ0n) is 11.1. The maximum Gasteiger partial charge on any atom is 0.307 e. The Bertz CT molecular complexity index is 403. The molecule has 2 atom stereocenters. The Labute approximate surface area is 108 Å². The van der Waals surface area contributed by atoms with Gasteiger partial charge in [-0.3, -0.25) is 9.69 Å². The summed E-state index contributed by atoms with van der Waals surface area (Å²) in [6, 6.07) is 8.63. The van der Waals surface area contributed by atoms with Crippen molar-refractivity contribution in [2.24, 2.45) is 5.92 Å². The lowest BCUT2D eigenvalue weighted by Gasteiger charge is -2.30. The first-order chi connectivity index (χ1) is 8.59. The summed E-state index contributed by atoms with van der Waals surface area (Å²) in [6.07, 6.45) is 2.04. The molecule has 0 bridgehead atoms. The molecule has 2 rings (SSSR count). The molecule has 3 nitrogen and oxygen atoms in total. The zero-order valence-corrected chi connectivity index (χ0v) is 11.1. The predicted molar refractivity (Wildman–Crippen MR) is 71.7 cm³/mol. The molecule has 0 radical (unpaired) electrons. The van der Waals surface area contributed by atoms with Crippen LogP contribution in [0.3, 0.4) is 0 Å². The van der Waals surface area contributed by atoms with Crippen LogP contribution in [-0.4, -0.2) is 35.1 Å². The van der Waals surface area contributed by atoms with Gasteiger partial charge in [0.1, 0.15) is 0 Å². The first-order valence-corrected chi connectivity index (χ1v) is 6.63. The van der Waals surface area contributed by atoms with Gasteiger partial charge in [-0.05, 0) is 30.9 Å². The highest BCUT2D eigenvalue weighted by Gasteiger charge is 2.26. The first kappa shape index (κ1) is 13.1. The second-order valence-corrected chi connectivity index (χ2v) is 5.17. The molecule has 1 aromatic rings. The Kier molecular flexibility index (Phi) is 4.02. The van der Waals surface area contributed by atoms with E-state index in [1.165, 1.54) is 11.1 Å². The van der Waals surface area contributed by atoms with Crippen molar-refractivity contribution in [3.8, 4) is 0 Å². The van der Waals surface area contributed by atoms with Crippen molar-refractivity contribution >= 4 is 5.97 Å². The number of aliphatic carboxylic acids is 1. The van der Waals surface area contributed by atoms with Crippen LogP contribution in [0.5, 0.6) is 0 Å². The van der Waals surface area contributed by atoms with Crippen LogP contribution in [0, 0.1) is 5.92 Å². The minimum atomic E-state index is -0.704. The number of hydrogen-bond acceptors (Lipinski definition) is 2. The van der Waals surface area contributed by atoms with Gasteiger partial charge in [0.25, 0.3) is 0 Å². The Morgan fingerprint density at radius 1 is 1.17 bits per heavy atom. The van der Waals surface area contributed by atoms with Crippen molar-refractivity contribution in [2.75, 3.05) is 13.1 Å². The zero-order chi connectivity index (χ0) is 13.1. The normalized spacial score (nSPS) is 19.7. The molecule has 2 unspecified atom stereocenters. The molecule has 1 aliphatic rings. The third-order valence-corrected chi connectivity index (χ3v) is 4.14. The van der Waals surface area contributed by atoms with E-state index in [0.29, 0.717) is 0 Å². The van der Waals surface area contributed by atoms with Crippen molar-refractivity contribution in [3.63, 3.8) is 0 Å². The van der Waals surface area contributed by atoms with Crippen molar-refractivity contribution in [1.82, 2.24) is 4.90 Å². The van der Waals surface area contributed by atoms with Crippen molar-refractivity contribution in [1.29, 1.82) is 0 Å². The molecule has 1 N–H and O–H groups in total. The van der Waals surface area contributed by atoms with E-state index in [0.717, 1.165) is 25.9 Å². The summed E-state index contributed by atoms with van der Waals surface area (Å²) in [5, 5.41) is 9.10. The number of benzene rings is 1. The van der Waals surface area contributed by atoms with E-state index in [1.54, 1.807) is 6.92 Å². The van der Waals surface area contributed by atoms with Crippen LogP contribution < -0.4 is 0 Å². The number of carboxylic acid groups (broad SMARTS) is 1. The average Bonchev–Trinajstić information content (AvgIpc) is 2.59. The highest BCUT2D eigenvalue weighted by Crippen LogP contribution is 2.19. The van der Waals surface area contributed by atoms with Gasteiger partial charge in [0, 0.05) is 19.1 Å². The summed E-state index contributed by atoms with van der Waals surface area (Å²) in [5.41, 5.74) is 2.82. The van der Waals surface area contributed by atoms with Gasteiger partial charge in [0.15, 0.2) is 0 Å². The lowest BCUT2D eigenvalue weighted by atomic mass is 10.0. The molecule has 0 amide bonds. The Morgan fingerprint density at radius 3 is 2.11 bits per heavy atom. The van der Waals surface area contributed by atoms with Crippen LogP contribution in [0.25, 0.3) is 0 Å². The quantitative estimate of drug-likeness (QED) is 0.890. The molecule has 1 heterocycles. The number of fused-ring (bicyclic) bond motifs is 1. The van der Waals surface area contributed by atoms with E-state index < -0.39 is 5.97 Å². The van der Waals surface area contributed by atoms with Crippen molar-refractivity contribution in [2.45, 2.75) is 32.7 Å². The van der Waals surface area contributed by atoms with Crippen LogP contribution in [0.1, 0.15) is 25.0 Å². The highest BCUT2D eigenvalue weighted by atomic mass is 16.4. The number of carboxylic acids is 1. The Morgan fingerprint density at radius 2 is 1.67 bits per heavy atom. The van der Waals surface area contributed by atoms with Gasteiger partial charge in [-0.1, -0.05) is 31.2 Å². The predicted octanol–water partition coefficient (Wildman–Crippen LogP) is 2.20. The number of hydrogen-bond donors (Lipinski definition) is 1. The van der Waals surface area contributed by atoms with Gasteiger partial charge in [0.2, 0.25) is 0 Å². The van der Waals surface area contributed by atoms with Gasteiger partial charge < -0.3 is 5.11 Å². The largest absolute Gasteiger partial charge is 0.481 e. The minimum Gasteiger partial charge on any atom is -0.481 e. The van der Waals surface area contributed by atoms with E-state index in [4.69, 9.17) is 5.11 Å². The Balaban J connectivity index is 2.06.